The molecule has 0 saturated carbocycles. The largest absolute Gasteiger partial charge is 0.460 e. The van der Waals surface area contributed by atoms with Gasteiger partial charge in [-0.05, 0) is 31.9 Å². The lowest BCUT2D eigenvalue weighted by Gasteiger charge is -2.34. The molecule has 2 aromatic heterocycles. The van der Waals surface area contributed by atoms with E-state index < -0.39 is 5.41 Å². The molecule has 1 aliphatic heterocycles. The molecule has 0 bridgehead atoms. The number of rotatable bonds is 6. The zero-order valence-electron chi connectivity index (χ0n) is 13.2. The summed E-state index contributed by atoms with van der Waals surface area (Å²) in [6.07, 6.45) is 3.08. The third kappa shape index (κ3) is 3.30. The predicted molar refractivity (Wildman–Crippen MR) is 84.4 cm³/mol. The monoisotopic (exact) mass is 318 g/mol. The average molecular weight is 318 g/mol. The van der Waals surface area contributed by atoms with Crippen molar-refractivity contribution in [3.05, 3.63) is 29.7 Å². The fourth-order valence-electron chi connectivity index (χ4n) is 2.94. The highest BCUT2D eigenvalue weighted by atomic mass is 16.5. The lowest BCUT2D eigenvalue weighted by molar-refractivity contribution is -0.132. The Morgan fingerprint density at radius 2 is 2.22 bits per heavy atom. The smallest absolute Gasteiger partial charge is 0.225 e. The quantitative estimate of drug-likeness (QED) is 0.745. The number of nitrogens with two attached hydrogens (primary N) is 1. The summed E-state index contributed by atoms with van der Waals surface area (Å²) < 4.78 is 11.0. The number of aromatic amines is 1. The molecule has 1 saturated heterocycles. The minimum absolute atomic E-state index is 0.262. The Morgan fingerprint density at radius 1 is 1.43 bits per heavy atom. The highest BCUT2D eigenvalue weighted by Gasteiger charge is 2.38. The molecule has 124 valence electrons. The van der Waals surface area contributed by atoms with Crippen LogP contribution in [-0.4, -0.2) is 35.9 Å². The van der Waals surface area contributed by atoms with Crippen molar-refractivity contribution in [1.82, 2.24) is 15.5 Å². The Bertz CT molecular complexity index is 670. The van der Waals surface area contributed by atoms with Crippen LogP contribution in [0.3, 0.4) is 0 Å². The summed E-state index contributed by atoms with van der Waals surface area (Å²) in [5.74, 6) is 1.35. The van der Waals surface area contributed by atoms with Crippen LogP contribution in [0.5, 0.6) is 0 Å². The number of primary amides is 1. The molecule has 0 radical (unpaired) electrons. The van der Waals surface area contributed by atoms with Gasteiger partial charge in [-0.15, -0.1) is 0 Å². The van der Waals surface area contributed by atoms with E-state index in [-0.39, 0.29) is 5.91 Å². The van der Waals surface area contributed by atoms with E-state index in [0.717, 1.165) is 22.8 Å². The van der Waals surface area contributed by atoms with Crippen molar-refractivity contribution in [3.63, 3.8) is 0 Å². The van der Waals surface area contributed by atoms with Gasteiger partial charge < -0.3 is 20.2 Å². The number of nitrogens with zero attached hydrogens (tertiary/aromatic N) is 1. The van der Waals surface area contributed by atoms with Crippen molar-refractivity contribution in [2.45, 2.75) is 26.3 Å². The minimum Gasteiger partial charge on any atom is -0.460 e. The maximum absolute atomic E-state index is 11.9. The van der Waals surface area contributed by atoms with Crippen LogP contribution in [-0.2, 0) is 16.1 Å². The first kappa shape index (κ1) is 15.8. The minimum atomic E-state index is -0.524. The number of ether oxygens (including phenoxy) is 1. The SMILES string of the molecule is Cc1ccc(-c2[nH]ncc2CNCC2(C(N)=O)CCOCC2)o1. The van der Waals surface area contributed by atoms with Crippen LogP contribution in [0.2, 0.25) is 0 Å². The fraction of sp³-hybridized carbons (Fsp3) is 0.500. The van der Waals surface area contributed by atoms with Gasteiger partial charge in [-0.25, -0.2) is 0 Å². The summed E-state index contributed by atoms with van der Waals surface area (Å²) in [7, 11) is 0. The first-order chi connectivity index (χ1) is 11.1. The molecular weight excluding hydrogens is 296 g/mol. The highest BCUT2D eigenvalue weighted by Crippen LogP contribution is 2.30. The molecule has 0 spiro atoms. The molecule has 1 aliphatic rings. The second kappa shape index (κ2) is 6.55. The van der Waals surface area contributed by atoms with Gasteiger partial charge in [0.2, 0.25) is 5.91 Å². The Balaban J connectivity index is 1.65. The average Bonchev–Trinajstić information content (AvgIpc) is 3.17. The normalized spacial score (nSPS) is 17.3. The van der Waals surface area contributed by atoms with Crippen LogP contribution in [0.25, 0.3) is 11.5 Å². The number of furan rings is 1. The van der Waals surface area contributed by atoms with Gasteiger partial charge in [0, 0.05) is 31.9 Å². The topological polar surface area (TPSA) is 106 Å². The van der Waals surface area contributed by atoms with Crippen molar-refractivity contribution < 1.29 is 13.9 Å². The van der Waals surface area contributed by atoms with Crippen LogP contribution in [0.15, 0.2) is 22.7 Å². The lowest BCUT2D eigenvalue weighted by atomic mass is 9.79. The maximum atomic E-state index is 11.9. The first-order valence-electron chi connectivity index (χ1n) is 7.78. The van der Waals surface area contributed by atoms with Gasteiger partial charge in [0.25, 0.3) is 0 Å². The summed E-state index contributed by atoms with van der Waals surface area (Å²) in [6.45, 7) is 4.18. The lowest BCUT2D eigenvalue weighted by Crippen LogP contribution is -2.48. The number of aryl methyl sites for hydroxylation is 1. The summed E-state index contributed by atoms with van der Waals surface area (Å²) >= 11 is 0. The predicted octanol–water partition coefficient (Wildman–Crippen LogP) is 1.35. The van der Waals surface area contributed by atoms with E-state index in [1.165, 1.54) is 0 Å². The summed E-state index contributed by atoms with van der Waals surface area (Å²) in [4.78, 5) is 11.9. The molecule has 0 atom stereocenters. The van der Waals surface area contributed by atoms with Crippen LogP contribution in [0, 0.1) is 12.3 Å². The van der Waals surface area contributed by atoms with Gasteiger partial charge in [0.05, 0.1) is 11.6 Å². The second-order valence-corrected chi connectivity index (χ2v) is 6.04. The van der Waals surface area contributed by atoms with Crippen LogP contribution < -0.4 is 11.1 Å². The summed E-state index contributed by atoms with van der Waals surface area (Å²) in [6, 6.07) is 3.83. The number of carbonyl (C=O) groups is 1. The van der Waals surface area contributed by atoms with Gasteiger partial charge in [-0.1, -0.05) is 0 Å². The fourth-order valence-corrected chi connectivity index (χ4v) is 2.94. The molecule has 3 heterocycles. The van der Waals surface area contributed by atoms with Gasteiger partial charge in [-0.3, -0.25) is 9.89 Å². The van der Waals surface area contributed by atoms with Crippen molar-refractivity contribution in [2.75, 3.05) is 19.8 Å². The Kier molecular flexibility index (Phi) is 4.49. The van der Waals surface area contributed by atoms with E-state index in [1.807, 2.05) is 19.1 Å². The number of aromatic nitrogens is 2. The van der Waals surface area contributed by atoms with Crippen molar-refractivity contribution in [3.8, 4) is 11.5 Å². The van der Waals surface area contributed by atoms with Gasteiger partial charge >= 0.3 is 0 Å². The Labute approximate surface area is 134 Å². The maximum Gasteiger partial charge on any atom is 0.225 e. The molecule has 7 nitrogen and oxygen atoms in total. The number of amides is 1. The number of hydrogen-bond acceptors (Lipinski definition) is 5. The van der Waals surface area contributed by atoms with Crippen molar-refractivity contribution >= 4 is 5.91 Å². The van der Waals surface area contributed by atoms with Gasteiger partial charge in [-0.2, -0.15) is 5.10 Å². The third-order valence-corrected chi connectivity index (χ3v) is 4.46. The molecule has 0 unspecified atom stereocenters. The molecule has 3 rings (SSSR count). The van der Waals surface area contributed by atoms with E-state index in [9.17, 15) is 4.79 Å². The molecule has 1 amide bonds. The molecule has 7 heteroatoms. The number of carbonyl (C=O) groups excluding carboxylic acids is 1. The molecule has 0 aliphatic carbocycles. The number of H-pyrrole nitrogens is 1. The molecule has 1 fully saturated rings. The molecule has 23 heavy (non-hydrogen) atoms. The van der Waals surface area contributed by atoms with E-state index in [0.29, 0.717) is 39.1 Å². The molecule has 0 aromatic carbocycles. The first-order valence-corrected chi connectivity index (χ1v) is 7.78. The summed E-state index contributed by atoms with van der Waals surface area (Å²) in [5, 5.41) is 10.4. The highest BCUT2D eigenvalue weighted by molar-refractivity contribution is 5.81. The second-order valence-electron chi connectivity index (χ2n) is 6.04. The third-order valence-electron chi connectivity index (χ3n) is 4.46. The zero-order valence-corrected chi connectivity index (χ0v) is 13.2. The molecule has 4 N–H and O–H groups in total. The van der Waals surface area contributed by atoms with E-state index >= 15 is 0 Å². The van der Waals surface area contributed by atoms with Gasteiger partial charge in [0.1, 0.15) is 11.5 Å². The van der Waals surface area contributed by atoms with E-state index in [2.05, 4.69) is 15.5 Å². The van der Waals surface area contributed by atoms with E-state index in [4.69, 9.17) is 14.9 Å². The molecular formula is C16H22N4O3. The molecule has 2 aromatic rings. The Morgan fingerprint density at radius 3 is 2.87 bits per heavy atom. The zero-order chi connectivity index (χ0) is 16.3. The summed E-state index contributed by atoms with van der Waals surface area (Å²) in [5.41, 5.74) is 6.94. The van der Waals surface area contributed by atoms with Crippen molar-refractivity contribution in [2.24, 2.45) is 11.1 Å². The van der Waals surface area contributed by atoms with Gasteiger partial charge in [0.15, 0.2) is 5.76 Å². The van der Waals surface area contributed by atoms with Crippen LogP contribution in [0.4, 0.5) is 0 Å². The standard InChI is InChI=1S/C16H22N4O3/c1-11-2-3-13(23-11)14-12(9-19-20-14)8-18-10-16(15(17)21)4-6-22-7-5-16/h2-3,9,18H,4-8,10H2,1H3,(H2,17,21)(H,19,20). The Hall–Kier alpha value is -2.12. The van der Waals surface area contributed by atoms with Crippen LogP contribution >= 0.6 is 0 Å². The number of nitrogens with one attached hydrogen (secondary N) is 2. The van der Waals surface area contributed by atoms with Crippen LogP contribution in [0.1, 0.15) is 24.2 Å². The number of hydrogen-bond donors (Lipinski definition) is 3. The van der Waals surface area contributed by atoms with E-state index in [1.54, 1.807) is 6.20 Å². The van der Waals surface area contributed by atoms with Crippen molar-refractivity contribution in [1.29, 1.82) is 0 Å².